The molecule has 0 aliphatic rings. The third-order valence-electron chi connectivity index (χ3n) is 3.87. The molecule has 0 bridgehead atoms. The molecule has 128 valence electrons. The molecule has 1 heterocycles. The van der Waals surface area contributed by atoms with Crippen LogP contribution in [0.5, 0.6) is 0 Å². The van der Waals surface area contributed by atoms with Gasteiger partial charge < -0.3 is 5.32 Å². The first-order valence-electron chi connectivity index (χ1n) is 7.91. The Bertz CT molecular complexity index is 930. The Morgan fingerprint density at radius 2 is 1.68 bits per heavy atom. The van der Waals surface area contributed by atoms with E-state index in [0.29, 0.717) is 17.0 Å². The minimum Gasteiger partial charge on any atom is -0.322 e. The molecule has 6 nitrogen and oxygen atoms in total. The van der Waals surface area contributed by atoms with Gasteiger partial charge in [-0.15, -0.1) is 0 Å². The lowest BCUT2D eigenvalue weighted by Crippen LogP contribution is -2.13. The Kier molecular flexibility index (Phi) is 4.27. The zero-order valence-electron chi connectivity index (χ0n) is 14.3. The van der Waals surface area contributed by atoms with Crippen LogP contribution in [0.2, 0.25) is 0 Å². The molecule has 0 spiro atoms. The van der Waals surface area contributed by atoms with E-state index >= 15 is 0 Å². The van der Waals surface area contributed by atoms with Crippen LogP contribution >= 0.6 is 0 Å². The molecule has 3 aromatic rings. The van der Waals surface area contributed by atoms with E-state index in [1.807, 2.05) is 24.3 Å². The number of rotatable bonds is 3. The lowest BCUT2D eigenvalue weighted by atomic mass is 9.87. The molecule has 0 fully saturated rings. The zero-order chi connectivity index (χ0) is 18.0. The number of H-pyrrole nitrogens is 1. The highest BCUT2D eigenvalue weighted by atomic mass is 16.5. The van der Waals surface area contributed by atoms with Crippen LogP contribution in [0.4, 0.5) is 5.69 Å². The second-order valence-corrected chi connectivity index (χ2v) is 6.80. The molecule has 1 amide bonds. The van der Waals surface area contributed by atoms with Gasteiger partial charge >= 0.3 is 5.76 Å². The summed E-state index contributed by atoms with van der Waals surface area (Å²) in [6.45, 7) is 6.43. The number of carbonyl (C=O) groups excluding carboxylic acids is 1. The normalized spacial score (nSPS) is 11.3. The third-order valence-corrected chi connectivity index (χ3v) is 3.87. The molecular formula is C19H19N3O3. The Morgan fingerprint density at radius 3 is 2.20 bits per heavy atom. The van der Waals surface area contributed by atoms with Crippen LogP contribution in [0.25, 0.3) is 11.4 Å². The van der Waals surface area contributed by atoms with E-state index in [2.05, 4.69) is 40.8 Å². The van der Waals surface area contributed by atoms with Gasteiger partial charge in [-0.1, -0.05) is 50.2 Å². The van der Waals surface area contributed by atoms with Crippen LogP contribution in [0.3, 0.4) is 0 Å². The molecule has 2 N–H and O–H groups in total. The van der Waals surface area contributed by atoms with Gasteiger partial charge in [0.1, 0.15) is 0 Å². The van der Waals surface area contributed by atoms with Crippen molar-refractivity contribution >= 4 is 11.6 Å². The summed E-state index contributed by atoms with van der Waals surface area (Å²) in [6.07, 6.45) is 0. The average molecular weight is 337 g/mol. The number of benzene rings is 2. The minimum atomic E-state index is -0.615. The summed E-state index contributed by atoms with van der Waals surface area (Å²) in [5, 5.41) is 6.48. The number of carbonyl (C=O) groups is 1. The van der Waals surface area contributed by atoms with E-state index in [0.717, 1.165) is 5.69 Å². The van der Waals surface area contributed by atoms with E-state index < -0.39 is 5.76 Å². The van der Waals surface area contributed by atoms with Crippen molar-refractivity contribution < 1.29 is 9.32 Å². The number of amides is 1. The van der Waals surface area contributed by atoms with Gasteiger partial charge in [0.2, 0.25) is 0 Å². The lowest BCUT2D eigenvalue weighted by Gasteiger charge is -2.19. The number of nitrogens with one attached hydrogen (secondary N) is 2. The maximum absolute atomic E-state index is 12.3. The SMILES string of the molecule is CC(C)(C)c1ccc(NC(=O)c2ccc(-c3noc(=O)[nH]3)cc2)cc1. The molecule has 0 saturated heterocycles. The summed E-state index contributed by atoms with van der Waals surface area (Å²) in [5.41, 5.74) is 3.19. The van der Waals surface area contributed by atoms with E-state index in [1.165, 1.54) is 5.56 Å². The predicted octanol–water partition coefficient (Wildman–Crippen LogP) is 3.58. The van der Waals surface area contributed by atoms with Gasteiger partial charge in [-0.3, -0.25) is 14.3 Å². The van der Waals surface area contributed by atoms with Gasteiger partial charge in [0.25, 0.3) is 5.91 Å². The fraction of sp³-hybridized carbons (Fsp3) is 0.211. The van der Waals surface area contributed by atoms with E-state index in [4.69, 9.17) is 0 Å². The van der Waals surface area contributed by atoms with Crippen LogP contribution < -0.4 is 11.1 Å². The Balaban J connectivity index is 1.72. The summed E-state index contributed by atoms with van der Waals surface area (Å²) in [4.78, 5) is 25.8. The van der Waals surface area contributed by atoms with Crippen molar-refractivity contribution in [2.75, 3.05) is 5.32 Å². The smallest absolute Gasteiger partial charge is 0.322 e. The number of hydrogen-bond donors (Lipinski definition) is 2. The highest BCUT2D eigenvalue weighted by molar-refractivity contribution is 6.04. The van der Waals surface area contributed by atoms with Crippen LogP contribution in [0.15, 0.2) is 57.8 Å². The quantitative estimate of drug-likeness (QED) is 0.764. The van der Waals surface area contributed by atoms with Gasteiger partial charge in [0.05, 0.1) is 0 Å². The highest BCUT2D eigenvalue weighted by Gasteiger charge is 2.13. The molecule has 0 saturated carbocycles. The van der Waals surface area contributed by atoms with Crippen LogP contribution in [-0.4, -0.2) is 16.0 Å². The first kappa shape index (κ1) is 16.7. The van der Waals surface area contributed by atoms with E-state index in [9.17, 15) is 9.59 Å². The molecule has 0 aliphatic heterocycles. The second kappa shape index (κ2) is 6.39. The molecule has 1 aromatic heterocycles. The van der Waals surface area contributed by atoms with Crippen molar-refractivity contribution in [2.45, 2.75) is 26.2 Å². The summed E-state index contributed by atoms with van der Waals surface area (Å²) < 4.78 is 4.47. The van der Waals surface area contributed by atoms with Crippen molar-refractivity contribution in [3.05, 3.63) is 70.2 Å². The van der Waals surface area contributed by atoms with Crippen molar-refractivity contribution in [1.82, 2.24) is 10.1 Å². The Labute approximate surface area is 144 Å². The Hall–Kier alpha value is -3.15. The molecule has 6 heteroatoms. The summed E-state index contributed by atoms with van der Waals surface area (Å²) in [7, 11) is 0. The maximum atomic E-state index is 12.3. The second-order valence-electron chi connectivity index (χ2n) is 6.80. The maximum Gasteiger partial charge on any atom is 0.439 e. The van der Waals surface area contributed by atoms with E-state index in [-0.39, 0.29) is 11.3 Å². The fourth-order valence-electron chi connectivity index (χ4n) is 2.39. The summed E-state index contributed by atoms with van der Waals surface area (Å²) in [5.74, 6) is -0.492. The zero-order valence-corrected chi connectivity index (χ0v) is 14.3. The molecule has 25 heavy (non-hydrogen) atoms. The number of nitrogens with zero attached hydrogens (tertiary/aromatic N) is 1. The predicted molar refractivity (Wildman–Crippen MR) is 95.7 cm³/mol. The van der Waals surface area contributed by atoms with Crippen molar-refractivity contribution in [1.29, 1.82) is 0 Å². The van der Waals surface area contributed by atoms with Gasteiger partial charge in [-0.25, -0.2) is 4.79 Å². The van der Waals surface area contributed by atoms with Gasteiger partial charge in [-0.2, -0.15) is 0 Å². The molecule has 0 radical (unpaired) electrons. The highest BCUT2D eigenvalue weighted by Crippen LogP contribution is 2.23. The molecule has 0 aliphatic carbocycles. The summed E-state index contributed by atoms with van der Waals surface area (Å²) >= 11 is 0. The molecular weight excluding hydrogens is 318 g/mol. The van der Waals surface area contributed by atoms with Crippen LogP contribution in [0.1, 0.15) is 36.7 Å². The van der Waals surface area contributed by atoms with Gasteiger partial charge in [0, 0.05) is 16.8 Å². The van der Waals surface area contributed by atoms with Crippen molar-refractivity contribution in [3.63, 3.8) is 0 Å². The number of aromatic amines is 1. The number of hydrogen-bond acceptors (Lipinski definition) is 4. The molecule has 3 rings (SSSR count). The summed E-state index contributed by atoms with van der Waals surface area (Å²) in [6, 6.07) is 14.6. The van der Waals surface area contributed by atoms with Crippen molar-refractivity contribution in [2.24, 2.45) is 0 Å². The average Bonchev–Trinajstić information content (AvgIpc) is 3.01. The lowest BCUT2D eigenvalue weighted by molar-refractivity contribution is 0.102. The molecule has 2 aromatic carbocycles. The number of anilines is 1. The van der Waals surface area contributed by atoms with Gasteiger partial charge in [-0.05, 0) is 35.2 Å². The topological polar surface area (TPSA) is 88.0 Å². The standard InChI is InChI=1S/C19H19N3O3/c1-19(2,3)14-8-10-15(11-9-14)20-17(23)13-6-4-12(5-7-13)16-21-18(24)25-22-16/h4-11H,1-3H3,(H,20,23)(H,21,22,24). The van der Waals surface area contributed by atoms with Crippen LogP contribution in [-0.2, 0) is 5.41 Å². The first-order chi connectivity index (χ1) is 11.8. The number of aromatic nitrogens is 2. The minimum absolute atomic E-state index is 0.0699. The Morgan fingerprint density at radius 1 is 1.04 bits per heavy atom. The van der Waals surface area contributed by atoms with Gasteiger partial charge in [0.15, 0.2) is 5.82 Å². The van der Waals surface area contributed by atoms with E-state index in [1.54, 1.807) is 24.3 Å². The first-order valence-corrected chi connectivity index (χ1v) is 7.91. The largest absolute Gasteiger partial charge is 0.439 e. The van der Waals surface area contributed by atoms with Crippen molar-refractivity contribution in [3.8, 4) is 11.4 Å². The van der Waals surface area contributed by atoms with Crippen LogP contribution in [0, 0.1) is 0 Å². The third kappa shape index (κ3) is 3.85. The monoisotopic (exact) mass is 337 g/mol. The molecule has 0 atom stereocenters. The fourth-order valence-corrected chi connectivity index (χ4v) is 2.39. The molecule has 0 unspecified atom stereocenters.